The Hall–Kier alpha value is -3.88. The van der Waals surface area contributed by atoms with Gasteiger partial charge in [-0.3, -0.25) is 9.78 Å². The first-order valence-electron chi connectivity index (χ1n) is 10.5. The Morgan fingerprint density at radius 1 is 0.938 bits per heavy atom. The van der Waals surface area contributed by atoms with Gasteiger partial charge in [0.15, 0.2) is 0 Å². The van der Waals surface area contributed by atoms with Gasteiger partial charge in [-0.25, -0.2) is 19.0 Å². The molecule has 0 atom stereocenters. The molecule has 1 saturated heterocycles. The van der Waals surface area contributed by atoms with E-state index in [2.05, 4.69) is 29.9 Å². The van der Waals surface area contributed by atoms with Crippen LogP contribution in [0.1, 0.15) is 11.4 Å². The summed E-state index contributed by atoms with van der Waals surface area (Å²) in [4.78, 5) is 30.0. The summed E-state index contributed by atoms with van der Waals surface area (Å²) in [5.74, 6) is 2.09. The van der Waals surface area contributed by atoms with E-state index < -0.39 is 0 Å². The van der Waals surface area contributed by atoms with Gasteiger partial charge in [0.25, 0.3) is 5.56 Å². The highest BCUT2D eigenvalue weighted by Crippen LogP contribution is 2.25. The number of aryl methyl sites for hydroxylation is 1. The standard InChI is InChI=1S/C23H22FN7O/c1-16-26-20-14-25-9-8-19(20)23(27-16)30-12-10-29(11-13-30)21-6-7-22(32)31(28-21)15-17-2-4-18(24)5-3-17/h2-9,14H,10-13,15H2,1H3. The largest absolute Gasteiger partial charge is 0.352 e. The van der Waals surface area contributed by atoms with Gasteiger partial charge in [0.2, 0.25) is 0 Å². The van der Waals surface area contributed by atoms with Crippen LogP contribution in [0.3, 0.4) is 0 Å². The van der Waals surface area contributed by atoms with E-state index in [4.69, 9.17) is 0 Å². The lowest BCUT2D eigenvalue weighted by atomic mass is 10.2. The molecule has 0 saturated carbocycles. The van der Waals surface area contributed by atoms with Crippen molar-refractivity contribution >= 4 is 22.5 Å². The van der Waals surface area contributed by atoms with Gasteiger partial charge in [0.1, 0.15) is 23.3 Å². The van der Waals surface area contributed by atoms with Gasteiger partial charge in [-0.2, -0.15) is 5.10 Å². The summed E-state index contributed by atoms with van der Waals surface area (Å²) in [5, 5.41) is 5.55. The molecule has 9 heteroatoms. The maximum absolute atomic E-state index is 13.2. The topological polar surface area (TPSA) is 80.0 Å². The number of halogens is 1. The van der Waals surface area contributed by atoms with Gasteiger partial charge >= 0.3 is 0 Å². The van der Waals surface area contributed by atoms with E-state index in [9.17, 15) is 9.18 Å². The van der Waals surface area contributed by atoms with E-state index in [1.54, 1.807) is 30.6 Å². The number of anilines is 2. The highest BCUT2D eigenvalue weighted by atomic mass is 19.1. The Morgan fingerprint density at radius 2 is 1.69 bits per heavy atom. The van der Waals surface area contributed by atoms with Crippen molar-refractivity contribution in [3.8, 4) is 0 Å². The van der Waals surface area contributed by atoms with Crippen molar-refractivity contribution in [2.24, 2.45) is 0 Å². The fourth-order valence-electron chi connectivity index (χ4n) is 3.95. The van der Waals surface area contributed by atoms with Crippen molar-refractivity contribution in [1.29, 1.82) is 0 Å². The van der Waals surface area contributed by atoms with Crippen molar-refractivity contribution < 1.29 is 4.39 Å². The van der Waals surface area contributed by atoms with Gasteiger partial charge in [-0.15, -0.1) is 0 Å². The number of hydrogen-bond acceptors (Lipinski definition) is 7. The molecule has 0 radical (unpaired) electrons. The third kappa shape index (κ3) is 4.01. The number of rotatable bonds is 4. The Kier molecular flexibility index (Phi) is 5.22. The molecular weight excluding hydrogens is 409 g/mol. The summed E-state index contributed by atoms with van der Waals surface area (Å²) in [6.45, 7) is 5.22. The molecule has 4 aromatic rings. The quantitative estimate of drug-likeness (QED) is 0.491. The average Bonchev–Trinajstić information content (AvgIpc) is 2.81. The van der Waals surface area contributed by atoms with E-state index in [0.29, 0.717) is 6.54 Å². The molecule has 0 aliphatic carbocycles. The highest BCUT2D eigenvalue weighted by Gasteiger charge is 2.22. The molecular formula is C23H22FN7O. The van der Waals surface area contributed by atoms with Crippen LogP contribution < -0.4 is 15.4 Å². The zero-order valence-corrected chi connectivity index (χ0v) is 17.6. The summed E-state index contributed by atoms with van der Waals surface area (Å²) < 4.78 is 14.6. The fraction of sp³-hybridized carbons (Fsp3) is 0.261. The number of fused-ring (bicyclic) bond motifs is 1. The molecule has 0 amide bonds. The minimum Gasteiger partial charge on any atom is -0.352 e. The predicted molar refractivity (Wildman–Crippen MR) is 120 cm³/mol. The van der Waals surface area contributed by atoms with Crippen molar-refractivity contribution in [2.75, 3.05) is 36.0 Å². The van der Waals surface area contributed by atoms with E-state index in [0.717, 1.165) is 60.1 Å². The van der Waals surface area contributed by atoms with Crippen molar-refractivity contribution in [2.45, 2.75) is 13.5 Å². The lowest BCUT2D eigenvalue weighted by molar-refractivity contribution is 0.597. The number of nitrogens with zero attached hydrogens (tertiary/aromatic N) is 7. The van der Waals surface area contributed by atoms with Crippen molar-refractivity contribution in [3.63, 3.8) is 0 Å². The molecule has 8 nitrogen and oxygen atoms in total. The molecule has 0 N–H and O–H groups in total. The maximum atomic E-state index is 13.2. The number of benzene rings is 1. The molecule has 32 heavy (non-hydrogen) atoms. The van der Waals surface area contributed by atoms with E-state index in [1.807, 2.05) is 13.0 Å². The smallest absolute Gasteiger partial charge is 0.267 e. The van der Waals surface area contributed by atoms with E-state index in [1.165, 1.54) is 22.9 Å². The molecule has 1 aliphatic heterocycles. The van der Waals surface area contributed by atoms with Gasteiger partial charge in [-0.05, 0) is 36.8 Å². The van der Waals surface area contributed by atoms with E-state index in [-0.39, 0.29) is 11.4 Å². The molecule has 0 unspecified atom stereocenters. The molecule has 5 rings (SSSR count). The van der Waals surface area contributed by atoms with Crippen LogP contribution in [0.25, 0.3) is 10.9 Å². The van der Waals surface area contributed by atoms with Crippen LogP contribution in [0.15, 0.2) is 59.7 Å². The second-order valence-corrected chi connectivity index (χ2v) is 7.78. The Bertz CT molecular complexity index is 1310. The van der Waals surface area contributed by atoms with Crippen LogP contribution in [0, 0.1) is 12.7 Å². The van der Waals surface area contributed by atoms with Crippen LogP contribution >= 0.6 is 0 Å². The third-order valence-electron chi connectivity index (χ3n) is 5.59. The van der Waals surface area contributed by atoms with Gasteiger partial charge in [0.05, 0.1) is 18.3 Å². The van der Waals surface area contributed by atoms with Gasteiger partial charge in [-0.1, -0.05) is 12.1 Å². The van der Waals surface area contributed by atoms with Crippen molar-refractivity contribution in [1.82, 2.24) is 24.7 Å². The number of hydrogen-bond donors (Lipinski definition) is 0. The minimum absolute atomic E-state index is 0.187. The van der Waals surface area contributed by atoms with Crippen LogP contribution in [-0.2, 0) is 6.54 Å². The molecule has 0 bridgehead atoms. The first kappa shape index (κ1) is 20.0. The van der Waals surface area contributed by atoms with Crippen LogP contribution in [0.2, 0.25) is 0 Å². The zero-order chi connectivity index (χ0) is 22.1. The average molecular weight is 431 g/mol. The van der Waals surface area contributed by atoms with Gasteiger partial charge in [0, 0.05) is 43.8 Å². The first-order valence-corrected chi connectivity index (χ1v) is 10.5. The number of piperazine rings is 1. The Labute approximate surface area is 184 Å². The monoisotopic (exact) mass is 431 g/mol. The van der Waals surface area contributed by atoms with Gasteiger partial charge < -0.3 is 9.80 Å². The fourth-order valence-corrected chi connectivity index (χ4v) is 3.95. The SMILES string of the molecule is Cc1nc(N2CCN(c3ccc(=O)n(Cc4ccc(F)cc4)n3)CC2)c2ccncc2n1. The summed E-state index contributed by atoms with van der Waals surface area (Å²) in [6, 6.07) is 11.3. The van der Waals surface area contributed by atoms with Crippen LogP contribution in [-0.4, -0.2) is 50.9 Å². The second-order valence-electron chi connectivity index (χ2n) is 7.78. The highest BCUT2D eigenvalue weighted by molar-refractivity contribution is 5.88. The zero-order valence-electron chi connectivity index (χ0n) is 17.6. The summed E-state index contributed by atoms with van der Waals surface area (Å²) >= 11 is 0. The number of aromatic nitrogens is 5. The minimum atomic E-state index is -0.302. The normalized spacial score (nSPS) is 14.2. The Morgan fingerprint density at radius 3 is 2.47 bits per heavy atom. The van der Waals surface area contributed by atoms with Crippen LogP contribution in [0.4, 0.5) is 16.0 Å². The lowest BCUT2D eigenvalue weighted by Gasteiger charge is -2.36. The van der Waals surface area contributed by atoms with Crippen LogP contribution in [0.5, 0.6) is 0 Å². The molecule has 0 spiro atoms. The molecule has 1 fully saturated rings. The lowest BCUT2D eigenvalue weighted by Crippen LogP contribution is -2.47. The maximum Gasteiger partial charge on any atom is 0.267 e. The molecule has 3 aromatic heterocycles. The third-order valence-corrected chi connectivity index (χ3v) is 5.59. The van der Waals surface area contributed by atoms with E-state index >= 15 is 0 Å². The molecule has 1 aliphatic rings. The summed E-state index contributed by atoms with van der Waals surface area (Å²) in [6.07, 6.45) is 3.52. The molecule has 4 heterocycles. The summed E-state index contributed by atoms with van der Waals surface area (Å²) in [7, 11) is 0. The molecule has 162 valence electrons. The first-order chi connectivity index (χ1) is 15.6. The van der Waals surface area contributed by atoms with Crippen molar-refractivity contribution in [3.05, 3.63) is 82.4 Å². The Balaban J connectivity index is 1.34. The predicted octanol–water partition coefficient (Wildman–Crippen LogP) is 2.40. The summed E-state index contributed by atoms with van der Waals surface area (Å²) in [5.41, 5.74) is 1.48. The molecule has 1 aromatic carbocycles. The second kappa shape index (κ2) is 8.33. The number of pyridine rings is 1.